The molecule has 20 heavy (non-hydrogen) atoms. The van der Waals surface area contributed by atoms with E-state index in [1.807, 2.05) is 6.07 Å². The molecule has 6 nitrogen and oxygen atoms in total. The number of benzene rings is 1. The first kappa shape index (κ1) is 13.6. The van der Waals surface area contributed by atoms with E-state index in [9.17, 15) is 4.79 Å². The highest BCUT2D eigenvalue weighted by atomic mass is 16.7. The van der Waals surface area contributed by atoms with Gasteiger partial charge in [-0.3, -0.25) is 0 Å². The highest BCUT2D eigenvalue weighted by molar-refractivity contribution is 6.24. The highest BCUT2D eigenvalue weighted by Crippen LogP contribution is 2.29. The van der Waals surface area contributed by atoms with E-state index in [4.69, 9.17) is 14.7 Å². The Morgan fingerprint density at radius 2 is 2.25 bits per heavy atom. The number of hydrogen-bond acceptors (Lipinski definition) is 6. The van der Waals surface area contributed by atoms with Crippen LogP contribution >= 0.6 is 0 Å². The summed E-state index contributed by atoms with van der Waals surface area (Å²) in [6.45, 7) is 1.63. The van der Waals surface area contributed by atoms with Gasteiger partial charge in [-0.25, -0.2) is 4.79 Å². The number of oxime groups is 1. The summed E-state index contributed by atoms with van der Waals surface area (Å²) in [6, 6.07) is 7.02. The number of hydrogen-bond donors (Lipinski definition) is 0. The van der Waals surface area contributed by atoms with Crippen molar-refractivity contribution in [2.75, 3.05) is 13.7 Å². The number of carbonyl (C=O) groups is 1. The first-order chi connectivity index (χ1) is 9.65. The van der Waals surface area contributed by atoms with Crippen LogP contribution in [0.2, 0.25) is 0 Å². The minimum Gasteiger partial charge on any atom is -0.493 e. The zero-order chi connectivity index (χ0) is 14.5. The Morgan fingerprint density at radius 1 is 1.45 bits per heavy atom. The van der Waals surface area contributed by atoms with Crippen molar-refractivity contribution in [2.24, 2.45) is 5.16 Å². The fourth-order valence-corrected chi connectivity index (χ4v) is 1.69. The fourth-order valence-electron chi connectivity index (χ4n) is 1.69. The third kappa shape index (κ3) is 2.78. The van der Waals surface area contributed by atoms with Crippen LogP contribution in [0.4, 0.5) is 0 Å². The molecule has 0 aliphatic carbocycles. The predicted octanol–water partition coefficient (Wildman–Crippen LogP) is 1.91. The van der Waals surface area contributed by atoms with Gasteiger partial charge in [-0.15, -0.1) is 0 Å². The quantitative estimate of drug-likeness (QED) is 0.617. The Morgan fingerprint density at radius 3 is 2.85 bits per heavy atom. The van der Waals surface area contributed by atoms with Crippen molar-refractivity contribution in [3.05, 3.63) is 29.3 Å². The van der Waals surface area contributed by atoms with Gasteiger partial charge in [-0.1, -0.05) is 11.2 Å². The van der Waals surface area contributed by atoms with Crippen LogP contribution in [0.3, 0.4) is 0 Å². The van der Waals surface area contributed by atoms with E-state index in [0.717, 1.165) is 5.56 Å². The average molecular weight is 272 g/mol. The second kappa shape index (κ2) is 5.89. The number of carbonyl (C=O) groups excluding carboxylic acids is 1. The number of nitriles is 1. The smallest absolute Gasteiger partial charge is 0.367 e. The number of ether oxygens (including phenoxy) is 2. The molecule has 0 unspecified atom stereocenters. The Kier molecular flexibility index (Phi) is 4.01. The normalized spacial score (nSPS) is 15.6. The molecule has 1 aromatic rings. The summed E-state index contributed by atoms with van der Waals surface area (Å²) in [7, 11) is 1.50. The number of rotatable bonds is 4. The maximum Gasteiger partial charge on any atom is 0.367 e. The van der Waals surface area contributed by atoms with E-state index in [2.05, 4.69) is 9.99 Å². The van der Waals surface area contributed by atoms with Crippen LogP contribution in [-0.2, 0) is 9.63 Å². The molecule has 0 fully saturated rings. The van der Waals surface area contributed by atoms with Crippen LogP contribution in [-0.4, -0.2) is 25.4 Å². The molecule has 2 rings (SSSR count). The largest absolute Gasteiger partial charge is 0.493 e. The van der Waals surface area contributed by atoms with Gasteiger partial charge < -0.3 is 14.3 Å². The minimum absolute atomic E-state index is 0.0606. The van der Waals surface area contributed by atoms with Crippen LogP contribution in [0.25, 0.3) is 6.08 Å². The van der Waals surface area contributed by atoms with Gasteiger partial charge in [-0.05, 0) is 30.7 Å². The van der Waals surface area contributed by atoms with Crippen molar-refractivity contribution in [1.82, 2.24) is 0 Å². The van der Waals surface area contributed by atoms with Gasteiger partial charge in [0.2, 0.25) is 0 Å². The predicted molar refractivity (Wildman–Crippen MR) is 71.3 cm³/mol. The van der Waals surface area contributed by atoms with Gasteiger partial charge in [0.05, 0.1) is 18.4 Å². The summed E-state index contributed by atoms with van der Waals surface area (Å²) in [5, 5.41) is 12.1. The standard InChI is InChI=1S/C14H12N2O4/c1-9-11(14(17)20-16-9)7-10-3-4-12(19-6-5-15)13(8-10)18-2/h3-4,7-8H,6H2,1-2H3/b11-7-. The lowest BCUT2D eigenvalue weighted by Gasteiger charge is -2.09. The summed E-state index contributed by atoms with van der Waals surface area (Å²) >= 11 is 0. The second-order valence-corrected chi connectivity index (χ2v) is 3.97. The maximum atomic E-state index is 11.5. The Balaban J connectivity index is 2.31. The van der Waals surface area contributed by atoms with Crippen LogP contribution in [0, 0.1) is 11.3 Å². The van der Waals surface area contributed by atoms with E-state index in [0.29, 0.717) is 22.8 Å². The van der Waals surface area contributed by atoms with E-state index in [-0.39, 0.29) is 6.61 Å². The molecule has 0 saturated heterocycles. The van der Waals surface area contributed by atoms with Crippen LogP contribution < -0.4 is 9.47 Å². The summed E-state index contributed by atoms with van der Waals surface area (Å²) < 4.78 is 10.4. The monoisotopic (exact) mass is 272 g/mol. The average Bonchev–Trinajstić information content (AvgIpc) is 2.77. The molecule has 0 atom stereocenters. The third-order valence-corrected chi connectivity index (χ3v) is 2.67. The van der Waals surface area contributed by atoms with Gasteiger partial charge in [0.25, 0.3) is 0 Å². The molecule has 0 bridgehead atoms. The second-order valence-electron chi connectivity index (χ2n) is 3.97. The Labute approximate surface area is 115 Å². The van der Waals surface area contributed by atoms with Gasteiger partial charge >= 0.3 is 5.97 Å². The molecule has 1 aromatic carbocycles. The Bertz CT molecular complexity index is 641. The molecular weight excluding hydrogens is 260 g/mol. The van der Waals surface area contributed by atoms with Crippen LogP contribution in [0.15, 0.2) is 28.9 Å². The van der Waals surface area contributed by atoms with Crippen molar-refractivity contribution in [2.45, 2.75) is 6.92 Å². The number of nitrogens with zero attached hydrogens (tertiary/aromatic N) is 2. The summed E-state index contributed by atoms with van der Waals surface area (Å²) in [5.74, 6) is 0.470. The van der Waals surface area contributed by atoms with Gasteiger partial charge in [-0.2, -0.15) is 5.26 Å². The van der Waals surface area contributed by atoms with Gasteiger partial charge in [0, 0.05) is 0 Å². The van der Waals surface area contributed by atoms with Crippen molar-refractivity contribution in [3.8, 4) is 17.6 Å². The van der Waals surface area contributed by atoms with E-state index in [1.54, 1.807) is 31.2 Å². The molecule has 0 radical (unpaired) electrons. The van der Waals surface area contributed by atoms with Gasteiger partial charge in [0.15, 0.2) is 18.1 Å². The number of methoxy groups -OCH3 is 1. The van der Waals surface area contributed by atoms with Crippen molar-refractivity contribution < 1.29 is 19.1 Å². The zero-order valence-electron chi connectivity index (χ0n) is 11.0. The van der Waals surface area contributed by atoms with Crippen LogP contribution in [0.1, 0.15) is 12.5 Å². The lowest BCUT2D eigenvalue weighted by atomic mass is 10.1. The lowest BCUT2D eigenvalue weighted by molar-refractivity contribution is -0.136. The zero-order valence-corrected chi connectivity index (χ0v) is 11.0. The molecule has 1 aliphatic heterocycles. The topological polar surface area (TPSA) is 80.9 Å². The van der Waals surface area contributed by atoms with E-state index in [1.165, 1.54) is 7.11 Å². The molecule has 0 saturated carbocycles. The third-order valence-electron chi connectivity index (χ3n) is 2.67. The molecular formula is C14H12N2O4. The summed E-state index contributed by atoms with van der Waals surface area (Å²) in [4.78, 5) is 16.0. The van der Waals surface area contributed by atoms with Crippen molar-refractivity contribution in [1.29, 1.82) is 5.26 Å². The highest BCUT2D eigenvalue weighted by Gasteiger charge is 2.21. The Hall–Kier alpha value is -2.81. The first-order valence-electron chi connectivity index (χ1n) is 5.81. The molecule has 102 valence electrons. The molecule has 1 heterocycles. The molecule has 0 spiro atoms. The molecule has 0 amide bonds. The van der Waals surface area contributed by atoms with Crippen molar-refractivity contribution in [3.63, 3.8) is 0 Å². The molecule has 0 aromatic heterocycles. The SMILES string of the molecule is COc1cc(/C=C2\C(=O)ON=C2C)ccc1OCC#N. The maximum absolute atomic E-state index is 11.5. The first-order valence-corrected chi connectivity index (χ1v) is 5.81. The van der Waals surface area contributed by atoms with Crippen LogP contribution in [0.5, 0.6) is 11.5 Å². The minimum atomic E-state index is -0.480. The fraction of sp³-hybridized carbons (Fsp3) is 0.214. The molecule has 6 heteroatoms. The molecule has 0 N–H and O–H groups in total. The lowest BCUT2D eigenvalue weighted by Crippen LogP contribution is -2.02. The summed E-state index contributed by atoms with van der Waals surface area (Å²) in [6.07, 6.45) is 1.66. The van der Waals surface area contributed by atoms with E-state index >= 15 is 0 Å². The van der Waals surface area contributed by atoms with Gasteiger partial charge in [0.1, 0.15) is 6.07 Å². The van der Waals surface area contributed by atoms with E-state index < -0.39 is 5.97 Å². The van der Waals surface area contributed by atoms with Crippen molar-refractivity contribution >= 4 is 17.8 Å². The summed E-state index contributed by atoms with van der Waals surface area (Å²) in [5.41, 5.74) is 1.67. The molecule has 1 aliphatic rings.